The van der Waals surface area contributed by atoms with Crippen LogP contribution < -0.4 is 4.74 Å². The number of rotatable bonds is 8. The maximum absolute atomic E-state index is 5.73. The molecule has 0 unspecified atom stereocenters. The monoisotopic (exact) mass is 264 g/mol. The van der Waals surface area contributed by atoms with Gasteiger partial charge in [-0.25, -0.2) is 0 Å². The summed E-state index contributed by atoms with van der Waals surface area (Å²) in [7, 11) is 8.40. The highest BCUT2D eigenvalue weighted by molar-refractivity contribution is 5.27. The Kier molecular flexibility index (Phi) is 6.89. The van der Waals surface area contributed by atoms with Crippen molar-refractivity contribution in [2.75, 3.05) is 41.3 Å². The molecular weight excluding hydrogens is 236 g/mol. The molecule has 0 aliphatic heterocycles. The maximum atomic E-state index is 5.73. The first-order valence-corrected chi connectivity index (χ1v) is 7.02. The molecule has 1 aromatic carbocycles. The number of hydrogen-bond donors (Lipinski definition) is 0. The standard InChI is InChI=1S/C16H28N2O/c1-14(18(4)5)13-15-7-9-16(10-8-15)19-12-6-11-17(2)3/h7-10,14H,6,11-13H2,1-5H3/t14-/m0/s1. The highest BCUT2D eigenvalue weighted by atomic mass is 16.5. The average Bonchev–Trinajstić information content (AvgIpc) is 2.36. The number of hydrogen-bond acceptors (Lipinski definition) is 3. The molecule has 0 spiro atoms. The fraction of sp³-hybridized carbons (Fsp3) is 0.625. The molecule has 0 aromatic heterocycles. The van der Waals surface area contributed by atoms with E-state index in [1.165, 1.54) is 5.56 Å². The molecule has 3 heteroatoms. The van der Waals surface area contributed by atoms with Crippen molar-refractivity contribution in [3.63, 3.8) is 0 Å². The summed E-state index contributed by atoms with van der Waals surface area (Å²) in [5.74, 6) is 0.972. The van der Waals surface area contributed by atoms with Crippen molar-refractivity contribution in [2.45, 2.75) is 25.8 Å². The Balaban J connectivity index is 2.35. The molecule has 0 saturated heterocycles. The molecule has 0 N–H and O–H groups in total. The lowest BCUT2D eigenvalue weighted by atomic mass is 10.1. The average molecular weight is 264 g/mol. The van der Waals surface area contributed by atoms with Crippen LogP contribution in [0.15, 0.2) is 24.3 Å². The summed E-state index contributed by atoms with van der Waals surface area (Å²) in [6.45, 7) is 4.09. The van der Waals surface area contributed by atoms with Gasteiger partial charge in [0.1, 0.15) is 5.75 Å². The maximum Gasteiger partial charge on any atom is 0.119 e. The van der Waals surface area contributed by atoms with Gasteiger partial charge in [0.05, 0.1) is 6.61 Å². The van der Waals surface area contributed by atoms with E-state index in [1.807, 2.05) is 0 Å². The lowest BCUT2D eigenvalue weighted by Crippen LogP contribution is -2.26. The quantitative estimate of drug-likeness (QED) is 0.671. The Morgan fingerprint density at radius 1 is 1.05 bits per heavy atom. The molecule has 0 radical (unpaired) electrons. The number of benzene rings is 1. The molecular formula is C16H28N2O. The Morgan fingerprint density at radius 3 is 2.21 bits per heavy atom. The third-order valence-corrected chi connectivity index (χ3v) is 3.35. The summed E-state index contributed by atoms with van der Waals surface area (Å²) in [6, 6.07) is 9.05. The van der Waals surface area contributed by atoms with Crippen LogP contribution in [0.5, 0.6) is 5.75 Å². The highest BCUT2D eigenvalue weighted by Crippen LogP contribution is 2.14. The fourth-order valence-corrected chi connectivity index (χ4v) is 1.82. The van der Waals surface area contributed by atoms with E-state index in [9.17, 15) is 0 Å². The molecule has 0 bridgehead atoms. The van der Waals surface area contributed by atoms with E-state index >= 15 is 0 Å². The molecule has 0 fully saturated rings. The molecule has 0 saturated carbocycles. The Bertz CT molecular complexity index is 346. The summed E-state index contributed by atoms with van der Waals surface area (Å²) in [6.07, 6.45) is 2.14. The Labute approximate surface area is 118 Å². The van der Waals surface area contributed by atoms with Crippen LogP contribution in [0.25, 0.3) is 0 Å². The summed E-state index contributed by atoms with van der Waals surface area (Å²) in [4.78, 5) is 4.42. The first-order valence-electron chi connectivity index (χ1n) is 7.02. The van der Waals surface area contributed by atoms with E-state index in [1.54, 1.807) is 0 Å². The van der Waals surface area contributed by atoms with Gasteiger partial charge in [-0.2, -0.15) is 0 Å². The predicted molar refractivity (Wildman–Crippen MR) is 82.0 cm³/mol. The second-order valence-corrected chi connectivity index (χ2v) is 5.67. The van der Waals surface area contributed by atoms with Gasteiger partial charge in [-0.3, -0.25) is 0 Å². The van der Waals surface area contributed by atoms with E-state index < -0.39 is 0 Å². The van der Waals surface area contributed by atoms with E-state index in [2.05, 4.69) is 69.2 Å². The van der Waals surface area contributed by atoms with Crippen LogP contribution in [0.2, 0.25) is 0 Å². The summed E-state index contributed by atoms with van der Waals surface area (Å²) >= 11 is 0. The molecule has 19 heavy (non-hydrogen) atoms. The van der Waals surface area contributed by atoms with E-state index in [0.717, 1.165) is 31.7 Å². The highest BCUT2D eigenvalue weighted by Gasteiger charge is 2.05. The van der Waals surface area contributed by atoms with E-state index in [4.69, 9.17) is 4.74 Å². The number of likely N-dealkylation sites (N-methyl/N-ethyl adjacent to an activating group) is 1. The second kappa shape index (κ2) is 8.18. The number of nitrogens with zero attached hydrogens (tertiary/aromatic N) is 2. The van der Waals surface area contributed by atoms with Gasteiger partial charge < -0.3 is 14.5 Å². The molecule has 1 rings (SSSR count). The minimum Gasteiger partial charge on any atom is -0.494 e. The van der Waals surface area contributed by atoms with Crippen LogP contribution in [0.3, 0.4) is 0 Å². The summed E-state index contributed by atoms with van der Waals surface area (Å²) in [5.41, 5.74) is 1.36. The zero-order valence-electron chi connectivity index (χ0n) is 13.0. The van der Waals surface area contributed by atoms with Crippen LogP contribution in [-0.2, 0) is 6.42 Å². The number of ether oxygens (including phenoxy) is 1. The Morgan fingerprint density at radius 2 is 1.68 bits per heavy atom. The van der Waals surface area contributed by atoms with Gasteiger partial charge in [0.2, 0.25) is 0 Å². The molecule has 1 atom stereocenters. The van der Waals surface area contributed by atoms with Crippen LogP contribution in [0.1, 0.15) is 18.9 Å². The minimum atomic E-state index is 0.562. The first-order chi connectivity index (χ1) is 8.99. The lowest BCUT2D eigenvalue weighted by Gasteiger charge is -2.19. The second-order valence-electron chi connectivity index (χ2n) is 5.67. The van der Waals surface area contributed by atoms with E-state index in [-0.39, 0.29) is 0 Å². The molecule has 0 aliphatic carbocycles. The first kappa shape index (κ1) is 16.0. The van der Waals surface area contributed by atoms with Crippen LogP contribution in [0.4, 0.5) is 0 Å². The largest absolute Gasteiger partial charge is 0.494 e. The SMILES string of the molecule is C[C@@H](Cc1ccc(OCCCN(C)C)cc1)N(C)C. The van der Waals surface area contributed by atoms with Crippen molar-refractivity contribution >= 4 is 0 Å². The van der Waals surface area contributed by atoms with E-state index in [0.29, 0.717) is 6.04 Å². The van der Waals surface area contributed by atoms with Crippen LogP contribution in [-0.4, -0.2) is 57.2 Å². The molecule has 3 nitrogen and oxygen atoms in total. The van der Waals surface area contributed by atoms with Crippen molar-refractivity contribution in [3.8, 4) is 5.75 Å². The van der Waals surface area contributed by atoms with Crippen LogP contribution in [0, 0.1) is 0 Å². The van der Waals surface area contributed by atoms with Crippen molar-refractivity contribution in [1.29, 1.82) is 0 Å². The fourth-order valence-electron chi connectivity index (χ4n) is 1.82. The van der Waals surface area contributed by atoms with Gasteiger partial charge in [0.15, 0.2) is 0 Å². The molecule has 0 heterocycles. The summed E-state index contributed by atoms with van der Waals surface area (Å²) < 4.78 is 5.73. The normalized spacial score (nSPS) is 13.0. The lowest BCUT2D eigenvalue weighted by molar-refractivity contribution is 0.281. The van der Waals surface area contributed by atoms with Crippen molar-refractivity contribution in [1.82, 2.24) is 9.80 Å². The predicted octanol–water partition coefficient (Wildman–Crippen LogP) is 2.51. The van der Waals surface area contributed by atoms with Crippen molar-refractivity contribution in [3.05, 3.63) is 29.8 Å². The van der Waals surface area contributed by atoms with Gasteiger partial charge in [-0.1, -0.05) is 12.1 Å². The van der Waals surface area contributed by atoms with Crippen molar-refractivity contribution < 1.29 is 4.74 Å². The zero-order chi connectivity index (χ0) is 14.3. The molecule has 0 aliphatic rings. The molecule has 1 aromatic rings. The molecule has 108 valence electrons. The van der Waals surface area contributed by atoms with Gasteiger partial charge in [-0.05, 0) is 65.7 Å². The third kappa shape index (κ3) is 6.60. The Hall–Kier alpha value is -1.06. The van der Waals surface area contributed by atoms with Gasteiger partial charge >= 0.3 is 0 Å². The smallest absolute Gasteiger partial charge is 0.119 e. The molecule has 0 amide bonds. The summed E-state index contributed by atoms with van der Waals surface area (Å²) in [5, 5.41) is 0. The third-order valence-electron chi connectivity index (χ3n) is 3.35. The van der Waals surface area contributed by atoms with Gasteiger partial charge in [-0.15, -0.1) is 0 Å². The van der Waals surface area contributed by atoms with Crippen molar-refractivity contribution in [2.24, 2.45) is 0 Å². The van der Waals surface area contributed by atoms with Gasteiger partial charge in [0.25, 0.3) is 0 Å². The van der Waals surface area contributed by atoms with Crippen LogP contribution >= 0.6 is 0 Å². The minimum absolute atomic E-state index is 0.562. The van der Waals surface area contributed by atoms with Gasteiger partial charge in [0, 0.05) is 12.6 Å². The topological polar surface area (TPSA) is 15.7 Å². The zero-order valence-corrected chi connectivity index (χ0v) is 13.0.